The summed E-state index contributed by atoms with van der Waals surface area (Å²) in [4.78, 5) is 25.8. The number of rotatable bonds is 16. The minimum absolute atomic E-state index is 0. The highest BCUT2D eigenvalue weighted by Gasteiger charge is 2.98. The summed E-state index contributed by atoms with van der Waals surface area (Å²) in [6.45, 7) is 1.39. The van der Waals surface area contributed by atoms with Crippen molar-refractivity contribution in [3.8, 4) is 0 Å². The normalized spacial score (nSPS) is 21.1. The van der Waals surface area contributed by atoms with E-state index in [0.29, 0.717) is 6.42 Å². The van der Waals surface area contributed by atoms with Crippen molar-refractivity contribution in [2.24, 2.45) is 10.8 Å². The summed E-state index contributed by atoms with van der Waals surface area (Å²) in [5, 5.41) is 22.8. The molecule has 1 saturated carbocycles. The van der Waals surface area contributed by atoms with E-state index in [-0.39, 0.29) is 33.9 Å². The second kappa shape index (κ2) is 15.6. The lowest BCUT2D eigenvalue weighted by atomic mass is 9.62. The number of hydrogen-bond acceptors (Lipinski definition) is 5. The standard InChI is InChI=1S/C27H34F19N3O5.H2/c1-17(2)10-14(11-18(3,12-17)13-47-15(52)49(5-7-50)6-8-51)48-16(53)54-9-4-19(28,29)21(31,32)23(35,36)25(39,40)24(37,38)22(33,34)20(30,26(41,42)43)27(44,45)46;/h14,50-51H,4-13H2,1-3H3,(H,47,52)(H,48,53);1H. The lowest BCUT2D eigenvalue weighted by molar-refractivity contribution is -0.472. The molecule has 2 unspecified atom stereocenters. The van der Waals surface area contributed by atoms with Crippen LogP contribution >= 0.6 is 0 Å². The molecular weight excluding hydrogens is 807 g/mol. The maximum Gasteiger partial charge on any atom is 0.438 e. The van der Waals surface area contributed by atoms with Crippen molar-refractivity contribution in [3.63, 3.8) is 0 Å². The smallest absolute Gasteiger partial charge is 0.438 e. The molecule has 0 aromatic rings. The van der Waals surface area contributed by atoms with Crippen LogP contribution < -0.4 is 10.6 Å². The zero-order chi connectivity index (χ0) is 43.0. The number of aliphatic hydroxyl groups is 2. The SMILES string of the molecule is CC1(C)CC(NC(=O)OCCC(F)(F)C(F)(F)C(F)(F)C(F)(F)C(F)(F)C(F)(F)C(F)(C(F)(F)F)C(F)(F)F)CC(C)(CNC(=O)N(CCO)CCO)C1.[HH]. The Labute approximate surface area is 294 Å². The second-order valence-corrected chi connectivity index (χ2v) is 13.6. The van der Waals surface area contributed by atoms with Gasteiger partial charge >= 0.3 is 65.7 Å². The van der Waals surface area contributed by atoms with Gasteiger partial charge in [-0.15, -0.1) is 0 Å². The third kappa shape index (κ3) is 9.05. The number of halogens is 19. The van der Waals surface area contributed by atoms with Crippen LogP contribution in [0.1, 0.15) is 47.9 Å². The number of aliphatic hydroxyl groups excluding tert-OH is 2. The Morgan fingerprint density at radius 2 is 1.13 bits per heavy atom. The van der Waals surface area contributed by atoms with Gasteiger partial charge in [-0.05, 0) is 30.1 Å². The number of ether oxygens (including phenoxy) is 1. The van der Waals surface area contributed by atoms with Crippen LogP contribution in [-0.2, 0) is 4.74 Å². The molecule has 1 aliphatic rings. The number of carbonyl (C=O) groups excluding carboxylic acids is 2. The van der Waals surface area contributed by atoms with Crippen LogP contribution in [0, 0.1) is 10.8 Å². The summed E-state index contributed by atoms with van der Waals surface area (Å²) in [5.41, 5.74) is -10.4. The molecule has 54 heavy (non-hydrogen) atoms. The van der Waals surface area contributed by atoms with Gasteiger partial charge in [-0.3, -0.25) is 0 Å². The van der Waals surface area contributed by atoms with Crippen molar-refractivity contribution in [2.45, 2.75) is 106 Å². The first-order valence-corrected chi connectivity index (χ1v) is 15.1. The lowest BCUT2D eigenvalue weighted by Crippen LogP contribution is -2.77. The largest absolute Gasteiger partial charge is 0.449 e. The molecule has 1 rings (SSSR count). The maximum atomic E-state index is 14.2. The van der Waals surface area contributed by atoms with Gasteiger partial charge in [-0.1, -0.05) is 20.8 Å². The predicted molar refractivity (Wildman–Crippen MR) is 146 cm³/mol. The zero-order valence-electron chi connectivity index (χ0n) is 27.9. The monoisotopic (exact) mass is 843 g/mol. The Balaban J connectivity index is 0.0000292. The first-order valence-electron chi connectivity index (χ1n) is 15.1. The van der Waals surface area contributed by atoms with Crippen LogP contribution in [0.3, 0.4) is 0 Å². The zero-order valence-corrected chi connectivity index (χ0v) is 27.9. The highest BCUT2D eigenvalue weighted by Crippen LogP contribution is 2.66. The van der Waals surface area contributed by atoms with E-state index in [4.69, 9.17) is 10.2 Å². The number of nitrogens with zero attached hydrogens (tertiary/aromatic N) is 1. The Morgan fingerprint density at radius 3 is 1.56 bits per heavy atom. The van der Waals surface area contributed by atoms with E-state index in [2.05, 4.69) is 15.4 Å². The first-order chi connectivity index (χ1) is 23.8. The molecule has 0 aromatic carbocycles. The minimum Gasteiger partial charge on any atom is -0.449 e. The topological polar surface area (TPSA) is 111 Å². The Hall–Kier alpha value is -2.87. The molecule has 0 heterocycles. The van der Waals surface area contributed by atoms with E-state index in [1.807, 2.05) is 0 Å². The van der Waals surface area contributed by atoms with E-state index >= 15 is 0 Å². The number of alkyl carbamates (subject to hydrolysis) is 1. The molecule has 0 spiro atoms. The summed E-state index contributed by atoms with van der Waals surface area (Å²) in [6, 6.07) is -1.71. The van der Waals surface area contributed by atoms with Gasteiger partial charge in [-0.25, -0.2) is 14.0 Å². The van der Waals surface area contributed by atoms with Crippen LogP contribution in [0.2, 0.25) is 0 Å². The molecule has 8 nitrogen and oxygen atoms in total. The Kier molecular flexibility index (Phi) is 14.2. The summed E-state index contributed by atoms with van der Waals surface area (Å²) < 4.78 is 262. The highest BCUT2D eigenvalue weighted by molar-refractivity contribution is 5.74. The van der Waals surface area contributed by atoms with Gasteiger partial charge in [0.2, 0.25) is 0 Å². The van der Waals surface area contributed by atoms with Crippen LogP contribution in [-0.4, -0.2) is 126 Å². The van der Waals surface area contributed by atoms with Crippen molar-refractivity contribution in [1.29, 1.82) is 0 Å². The van der Waals surface area contributed by atoms with E-state index in [9.17, 15) is 93.0 Å². The van der Waals surface area contributed by atoms with Crippen LogP contribution in [0.5, 0.6) is 0 Å². The number of alkyl halides is 19. The molecule has 1 fully saturated rings. The van der Waals surface area contributed by atoms with Crippen molar-refractivity contribution in [3.05, 3.63) is 0 Å². The van der Waals surface area contributed by atoms with Gasteiger partial charge in [0, 0.05) is 27.1 Å². The van der Waals surface area contributed by atoms with Crippen molar-refractivity contribution in [2.75, 3.05) is 39.5 Å². The predicted octanol–water partition coefficient (Wildman–Crippen LogP) is 7.57. The van der Waals surface area contributed by atoms with Gasteiger partial charge in [0.1, 0.15) is 0 Å². The molecule has 2 atom stereocenters. The fraction of sp³-hybridized carbons (Fsp3) is 0.926. The summed E-state index contributed by atoms with van der Waals surface area (Å²) in [6.07, 6.45) is -21.2. The van der Waals surface area contributed by atoms with E-state index in [0.717, 1.165) is 4.90 Å². The van der Waals surface area contributed by atoms with Crippen molar-refractivity contribution < 1.29 is 109 Å². The first kappa shape index (κ1) is 49.1. The third-order valence-electron chi connectivity index (χ3n) is 8.36. The number of amides is 3. The summed E-state index contributed by atoms with van der Waals surface area (Å²) in [7, 11) is 0. The van der Waals surface area contributed by atoms with E-state index in [1.54, 1.807) is 20.8 Å². The van der Waals surface area contributed by atoms with Gasteiger partial charge < -0.3 is 30.5 Å². The summed E-state index contributed by atoms with van der Waals surface area (Å²) >= 11 is 0. The summed E-state index contributed by atoms with van der Waals surface area (Å²) in [5.74, 6) is -50.8. The fourth-order valence-corrected chi connectivity index (χ4v) is 6.02. The second-order valence-electron chi connectivity index (χ2n) is 13.6. The molecule has 0 aliphatic heterocycles. The van der Waals surface area contributed by atoms with Crippen LogP contribution in [0.25, 0.3) is 0 Å². The molecule has 0 bridgehead atoms. The highest BCUT2D eigenvalue weighted by atomic mass is 19.4. The van der Waals surface area contributed by atoms with E-state index in [1.165, 1.54) is 0 Å². The lowest BCUT2D eigenvalue weighted by Gasteiger charge is -2.47. The Morgan fingerprint density at radius 1 is 0.704 bits per heavy atom. The molecule has 1 aliphatic carbocycles. The molecule has 0 radical (unpaired) electrons. The van der Waals surface area contributed by atoms with Crippen molar-refractivity contribution in [1.82, 2.24) is 15.5 Å². The quantitative estimate of drug-likeness (QED) is 0.120. The van der Waals surface area contributed by atoms with Gasteiger partial charge in [0.05, 0.1) is 26.2 Å². The Bertz CT molecular complexity index is 1300. The maximum absolute atomic E-state index is 14.2. The molecule has 322 valence electrons. The van der Waals surface area contributed by atoms with Crippen molar-refractivity contribution >= 4 is 12.1 Å². The number of nitrogens with one attached hydrogen (secondary N) is 2. The molecule has 0 aromatic heterocycles. The van der Waals surface area contributed by atoms with E-state index < -0.39 is 109 Å². The van der Waals surface area contributed by atoms with Crippen LogP contribution in [0.15, 0.2) is 0 Å². The van der Waals surface area contributed by atoms with Gasteiger partial charge in [0.15, 0.2) is 0 Å². The van der Waals surface area contributed by atoms with Gasteiger partial charge in [0.25, 0.3) is 0 Å². The molecular formula is C27H36F19N3O5. The van der Waals surface area contributed by atoms with Gasteiger partial charge in [-0.2, -0.15) is 79.0 Å². The average Bonchev–Trinajstić information content (AvgIpc) is 2.96. The van der Waals surface area contributed by atoms with Crippen LogP contribution in [0.4, 0.5) is 93.0 Å². The minimum atomic E-state index is -9.12. The molecule has 4 N–H and O–H groups in total. The number of urea groups is 1. The number of hydrogen-bond donors (Lipinski definition) is 4. The average molecular weight is 844 g/mol. The number of carbonyl (C=O) groups is 2. The molecule has 27 heteroatoms. The fourth-order valence-electron chi connectivity index (χ4n) is 6.02. The molecule has 0 saturated heterocycles. The third-order valence-corrected chi connectivity index (χ3v) is 8.36. The molecule has 3 amide bonds.